The summed E-state index contributed by atoms with van der Waals surface area (Å²) in [6, 6.07) is 30.9. The van der Waals surface area contributed by atoms with Crippen molar-refractivity contribution in [1.82, 2.24) is 20.2 Å². The Kier molecular flexibility index (Phi) is 4.99. The van der Waals surface area contributed by atoms with Gasteiger partial charge < -0.3 is 0 Å². The van der Waals surface area contributed by atoms with Gasteiger partial charge in [0.2, 0.25) is 0 Å². The van der Waals surface area contributed by atoms with Crippen molar-refractivity contribution in [1.29, 1.82) is 0 Å². The molecule has 0 aliphatic rings. The minimum atomic E-state index is -0.721. The highest BCUT2D eigenvalue weighted by Crippen LogP contribution is 2.39. The summed E-state index contributed by atoms with van der Waals surface area (Å²) in [7, 11) is 0. The van der Waals surface area contributed by atoms with Gasteiger partial charge in [0, 0.05) is 12.3 Å². The summed E-state index contributed by atoms with van der Waals surface area (Å²) >= 11 is 5.89. The first kappa shape index (κ1) is 17.4. The predicted octanol–water partition coefficient (Wildman–Crippen LogP) is 4.29. The van der Waals surface area contributed by atoms with Crippen LogP contribution in [0.2, 0.25) is 0 Å². The molecule has 0 atom stereocenters. The Morgan fingerprint density at radius 1 is 0.704 bits per heavy atom. The van der Waals surface area contributed by atoms with Crippen molar-refractivity contribution in [3.63, 3.8) is 0 Å². The third-order valence-corrected chi connectivity index (χ3v) is 4.84. The second-order valence-corrected chi connectivity index (χ2v) is 6.62. The standard InChI is InChI=1S/C22H19ClN4/c23-17-16-21-24-26-27(25-21)22(18-10-4-1-5-11-18,19-12-6-2-7-13-19)20-14-8-3-9-15-20/h1-15H,16-17H2. The number of aromatic nitrogens is 4. The molecule has 0 fully saturated rings. The van der Waals surface area contributed by atoms with E-state index in [1.807, 2.05) is 54.6 Å². The highest BCUT2D eigenvalue weighted by Gasteiger charge is 2.41. The summed E-state index contributed by atoms with van der Waals surface area (Å²) in [6.07, 6.45) is 0.579. The lowest BCUT2D eigenvalue weighted by atomic mass is 9.77. The lowest BCUT2D eigenvalue weighted by Crippen LogP contribution is -2.39. The molecule has 0 radical (unpaired) electrons. The Bertz CT molecular complexity index is 888. The average molecular weight is 375 g/mol. The van der Waals surface area contributed by atoms with E-state index in [1.54, 1.807) is 4.80 Å². The van der Waals surface area contributed by atoms with Gasteiger partial charge in [-0.1, -0.05) is 91.0 Å². The molecule has 0 aliphatic heterocycles. The van der Waals surface area contributed by atoms with Crippen LogP contribution in [0.25, 0.3) is 0 Å². The molecule has 4 rings (SSSR count). The minimum absolute atomic E-state index is 0.459. The van der Waals surface area contributed by atoms with E-state index in [2.05, 4.69) is 46.7 Å². The van der Waals surface area contributed by atoms with Crippen LogP contribution in [0.5, 0.6) is 0 Å². The molecular weight excluding hydrogens is 356 g/mol. The van der Waals surface area contributed by atoms with Crippen molar-refractivity contribution < 1.29 is 0 Å². The second kappa shape index (κ2) is 7.72. The number of hydrogen-bond acceptors (Lipinski definition) is 3. The zero-order valence-electron chi connectivity index (χ0n) is 14.7. The molecule has 0 saturated carbocycles. The van der Waals surface area contributed by atoms with E-state index in [9.17, 15) is 0 Å². The molecule has 4 nitrogen and oxygen atoms in total. The molecule has 0 amide bonds. The summed E-state index contributed by atoms with van der Waals surface area (Å²) in [5.74, 6) is 1.10. The van der Waals surface area contributed by atoms with E-state index in [4.69, 9.17) is 16.7 Å². The van der Waals surface area contributed by atoms with Gasteiger partial charge in [-0.15, -0.1) is 26.6 Å². The zero-order chi connectivity index (χ0) is 18.5. The summed E-state index contributed by atoms with van der Waals surface area (Å²) in [5.41, 5.74) is 2.48. The van der Waals surface area contributed by atoms with E-state index in [0.29, 0.717) is 18.1 Å². The lowest BCUT2D eigenvalue weighted by molar-refractivity contribution is 0.394. The van der Waals surface area contributed by atoms with Gasteiger partial charge in [-0.3, -0.25) is 0 Å². The highest BCUT2D eigenvalue weighted by molar-refractivity contribution is 6.17. The summed E-state index contributed by atoms with van der Waals surface area (Å²) in [6.45, 7) is 0. The number of benzene rings is 3. The first-order valence-electron chi connectivity index (χ1n) is 8.87. The number of halogens is 1. The molecule has 0 aliphatic carbocycles. The zero-order valence-corrected chi connectivity index (χ0v) is 15.5. The largest absolute Gasteiger partial charge is 0.176 e. The molecule has 0 spiro atoms. The fourth-order valence-electron chi connectivity index (χ4n) is 3.45. The molecule has 0 bridgehead atoms. The fourth-order valence-corrected chi connectivity index (χ4v) is 3.62. The van der Waals surface area contributed by atoms with Gasteiger partial charge in [-0.2, -0.15) is 0 Å². The lowest BCUT2D eigenvalue weighted by Gasteiger charge is -2.34. The molecule has 27 heavy (non-hydrogen) atoms. The maximum Gasteiger partial charge on any atom is 0.176 e. The number of tetrazole rings is 1. The van der Waals surface area contributed by atoms with Crippen molar-refractivity contribution in [2.75, 3.05) is 5.88 Å². The molecule has 0 saturated heterocycles. The number of aryl methyl sites for hydroxylation is 1. The van der Waals surface area contributed by atoms with Crippen molar-refractivity contribution in [2.45, 2.75) is 12.0 Å². The van der Waals surface area contributed by atoms with Crippen molar-refractivity contribution in [3.8, 4) is 0 Å². The van der Waals surface area contributed by atoms with Gasteiger partial charge in [-0.05, 0) is 21.9 Å². The molecule has 4 aromatic rings. The van der Waals surface area contributed by atoms with Gasteiger partial charge in [0.25, 0.3) is 0 Å². The van der Waals surface area contributed by atoms with Crippen LogP contribution in [0, 0.1) is 0 Å². The summed E-state index contributed by atoms with van der Waals surface area (Å²) in [5, 5.41) is 13.4. The summed E-state index contributed by atoms with van der Waals surface area (Å²) < 4.78 is 0. The second-order valence-electron chi connectivity index (χ2n) is 6.24. The molecule has 134 valence electrons. The Labute approximate surface area is 163 Å². The smallest absolute Gasteiger partial charge is 0.144 e. The van der Waals surface area contributed by atoms with Gasteiger partial charge in [0.05, 0.1) is 0 Å². The molecule has 5 heteroatoms. The van der Waals surface area contributed by atoms with Crippen molar-refractivity contribution in [3.05, 3.63) is 114 Å². The van der Waals surface area contributed by atoms with Crippen LogP contribution in [0.4, 0.5) is 0 Å². The number of rotatable bonds is 6. The van der Waals surface area contributed by atoms with E-state index in [1.165, 1.54) is 0 Å². The highest BCUT2D eigenvalue weighted by atomic mass is 35.5. The van der Waals surface area contributed by atoms with Crippen LogP contribution < -0.4 is 0 Å². The maximum atomic E-state index is 5.89. The average Bonchev–Trinajstić information content (AvgIpc) is 3.20. The molecule has 1 heterocycles. The van der Waals surface area contributed by atoms with Crippen molar-refractivity contribution in [2.24, 2.45) is 0 Å². The van der Waals surface area contributed by atoms with Gasteiger partial charge in [0.15, 0.2) is 11.4 Å². The molecule has 0 unspecified atom stereocenters. The predicted molar refractivity (Wildman–Crippen MR) is 107 cm³/mol. The third-order valence-electron chi connectivity index (χ3n) is 4.65. The molecule has 3 aromatic carbocycles. The Hall–Kier alpha value is -2.98. The van der Waals surface area contributed by atoms with Gasteiger partial charge in [-0.25, -0.2) is 0 Å². The minimum Gasteiger partial charge on any atom is -0.144 e. The Morgan fingerprint density at radius 3 is 1.56 bits per heavy atom. The number of hydrogen-bond donors (Lipinski definition) is 0. The molecular formula is C22H19ClN4. The first-order valence-corrected chi connectivity index (χ1v) is 9.41. The number of nitrogens with zero attached hydrogens (tertiary/aromatic N) is 4. The number of alkyl halides is 1. The third kappa shape index (κ3) is 3.13. The van der Waals surface area contributed by atoms with E-state index in [0.717, 1.165) is 16.7 Å². The van der Waals surface area contributed by atoms with Gasteiger partial charge in [0.1, 0.15) is 0 Å². The molecule has 1 aromatic heterocycles. The fraction of sp³-hybridized carbons (Fsp3) is 0.136. The summed E-state index contributed by atoms with van der Waals surface area (Å²) in [4.78, 5) is 1.72. The van der Waals surface area contributed by atoms with Crippen LogP contribution in [0.15, 0.2) is 91.0 Å². The quantitative estimate of drug-likeness (QED) is 0.373. The van der Waals surface area contributed by atoms with Crippen LogP contribution in [-0.2, 0) is 12.0 Å². The van der Waals surface area contributed by atoms with Crippen LogP contribution in [0.3, 0.4) is 0 Å². The van der Waals surface area contributed by atoms with Crippen molar-refractivity contribution >= 4 is 11.6 Å². The monoisotopic (exact) mass is 374 g/mol. The molecule has 0 N–H and O–H groups in total. The Morgan fingerprint density at radius 2 is 1.15 bits per heavy atom. The van der Waals surface area contributed by atoms with Crippen LogP contribution in [-0.4, -0.2) is 26.1 Å². The van der Waals surface area contributed by atoms with Crippen LogP contribution in [0.1, 0.15) is 22.5 Å². The normalized spacial score (nSPS) is 11.4. The topological polar surface area (TPSA) is 43.6 Å². The SMILES string of the molecule is ClCCc1nnn(C(c2ccccc2)(c2ccccc2)c2ccccc2)n1. The Balaban J connectivity index is 2.06. The van der Waals surface area contributed by atoms with E-state index < -0.39 is 5.54 Å². The van der Waals surface area contributed by atoms with Crippen LogP contribution >= 0.6 is 11.6 Å². The maximum absolute atomic E-state index is 5.89. The van der Waals surface area contributed by atoms with E-state index >= 15 is 0 Å². The van der Waals surface area contributed by atoms with E-state index in [-0.39, 0.29) is 0 Å². The first-order chi connectivity index (χ1) is 13.4. The van der Waals surface area contributed by atoms with Gasteiger partial charge >= 0.3 is 0 Å².